The van der Waals surface area contributed by atoms with Gasteiger partial charge in [-0.2, -0.15) is 11.8 Å². The monoisotopic (exact) mass is 270 g/mol. The molecule has 94 valence electrons. The molecule has 4 heteroatoms. The summed E-state index contributed by atoms with van der Waals surface area (Å²) >= 11 is 8.26. The lowest BCUT2D eigenvalue weighted by Crippen LogP contribution is -2.43. The fraction of sp³-hybridized carbons (Fsp3) is 0.538. The van der Waals surface area contributed by atoms with E-state index in [-0.39, 0.29) is 0 Å². The Balaban J connectivity index is 2.11. The zero-order valence-corrected chi connectivity index (χ0v) is 11.9. The van der Waals surface area contributed by atoms with Crippen molar-refractivity contribution >= 4 is 29.1 Å². The predicted molar refractivity (Wildman–Crippen MR) is 77.7 cm³/mol. The molecule has 2 rings (SSSR count). The van der Waals surface area contributed by atoms with Crippen LogP contribution in [-0.2, 0) is 6.54 Å². The molecule has 0 bridgehead atoms. The lowest BCUT2D eigenvalue weighted by atomic mass is 10.1. The molecule has 0 saturated carbocycles. The highest BCUT2D eigenvalue weighted by Crippen LogP contribution is 2.28. The van der Waals surface area contributed by atoms with Crippen LogP contribution in [-0.4, -0.2) is 28.5 Å². The fourth-order valence-electron chi connectivity index (χ4n) is 2.15. The number of thioether (sulfide) groups is 1. The molecule has 1 aromatic rings. The highest BCUT2D eigenvalue weighted by atomic mass is 35.5. The summed E-state index contributed by atoms with van der Waals surface area (Å²) in [4.78, 5) is 2.49. The second kappa shape index (κ2) is 5.51. The van der Waals surface area contributed by atoms with Gasteiger partial charge in [0.05, 0.1) is 0 Å². The van der Waals surface area contributed by atoms with Crippen molar-refractivity contribution in [1.29, 1.82) is 0 Å². The zero-order valence-electron chi connectivity index (χ0n) is 10.3. The van der Waals surface area contributed by atoms with Crippen molar-refractivity contribution in [3.8, 4) is 0 Å². The number of hydrogen-bond donors (Lipinski definition) is 1. The second-order valence-electron chi connectivity index (χ2n) is 4.64. The molecule has 1 saturated heterocycles. The lowest BCUT2D eigenvalue weighted by Gasteiger charge is -2.37. The average Bonchev–Trinajstić information content (AvgIpc) is 2.30. The molecule has 1 aliphatic rings. The summed E-state index contributed by atoms with van der Waals surface area (Å²) in [6, 6.07) is 6.32. The van der Waals surface area contributed by atoms with E-state index in [4.69, 9.17) is 17.3 Å². The Morgan fingerprint density at radius 1 is 1.47 bits per heavy atom. The summed E-state index contributed by atoms with van der Waals surface area (Å²) in [5.41, 5.74) is 7.74. The maximum Gasteiger partial charge on any atom is 0.0452 e. The van der Waals surface area contributed by atoms with E-state index in [0.717, 1.165) is 29.4 Å². The quantitative estimate of drug-likeness (QED) is 0.837. The van der Waals surface area contributed by atoms with E-state index in [1.807, 2.05) is 30.0 Å². The minimum Gasteiger partial charge on any atom is -0.399 e. The predicted octanol–water partition coefficient (Wildman–Crippen LogP) is 3.25. The van der Waals surface area contributed by atoms with Crippen LogP contribution in [0.1, 0.15) is 19.4 Å². The first kappa shape index (κ1) is 13.1. The van der Waals surface area contributed by atoms with Crippen molar-refractivity contribution in [2.45, 2.75) is 31.7 Å². The first-order valence-corrected chi connectivity index (χ1v) is 7.40. The van der Waals surface area contributed by atoms with E-state index < -0.39 is 0 Å². The molecule has 17 heavy (non-hydrogen) atoms. The van der Waals surface area contributed by atoms with E-state index in [9.17, 15) is 0 Å². The van der Waals surface area contributed by atoms with Gasteiger partial charge in [0.1, 0.15) is 0 Å². The van der Waals surface area contributed by atoms with Crippen LogP contribution in [0.25, 0.3) is 0 Å². The SMILES string of the molecule is CC1SCCN(Cc2cc(N)ccc2Cl)C1C. The molecule has 1 aliphatic heterocycles. The Morgan fingerprint density at radius 3 is 3.00 bits per heavy atom. The van der Waals surface area contributed by atoms with Gasteiger partial charge in [0, 0.05) is 40.8 Å². The first-order chi connectivity index (χ1) is 8.08. The van der Waals surface area contributed by atoms with Crippen LogP contribution in [0.15, 0.2) is 18.2 Å². The van der Waals surface area contributed by atoms with Crippen LogP contribution >= 0.6 is 23.4 Å². The molecule has 1 aromatic carbocycles. The summed E-state index contributed by atoms with van der Waals surface area (Å²) in [6.07, 6.45) is 0. The molecular weight excluding hydrogens is 252 g/mol. The minimum absolute atomic E-state index is 0.589. The summed E-state index contributed by atoms with van der Waals surface area (Å²) in [5.74, 6) is 1.20. The van der Waals surface area contributed by atoms with E-state index in [1.165, 1.54) is 5.75 Å². The smallest absolute Gasteiger partial charge is 0.0452 e. The molecular formula is C13H19ClN2S. The standard InChI is InChI=1S/C13H19ClN2S/c1-9-10(2)17-6-5-16(9)8-11-7-12(15)3-4-13(11)14/h3-4,7,9-10H,5-6,8,15H2,1-2H3. The number of rotatable bonds is 2. The third kappa shape index (κ3) is 3.09. The third-order valence-electron chi connectivity index (χ3n) is 3.46. The minimum atomic E-state index is 0.589. The van der Waals surface area contributed by atoms with Gasteiger partial charge in [0.15, 0.2) is 0 Å². The largest absolute Gasteiger partial charge is 0.399 e. The number of benzene rings is 1. The van der Waals surface area contributed by atoms with Crippen molar-refractivity contribution in [2.24, 2.45) is 0 Å². The highest BCUT2D eigenvalue weighted by Gasteiger charge is 2.25. The Hall–Kier alpha value is -0.380. The van der Waals surface area contributed by atoms with Crippen molar-refractivity contribution in [3.63, 3.8) is 0 Å². The Morgan fingerprint density at radius 2 is 2.24 bits per heavy atom. The van der Waals surface area contributed by atoms with Gasteiger partial charge >= 0.3 is 0 Å². The summed E-state index contributed by atoms with van der Waals surface area (Å²) < 4.78 is 0. The molecule has 0 amide bonds. The molecule has 1 fully saturated rings. The van der Waals surface area contributed by atoms with Crippen LogP contribution in [0, 0.1) is 0 Å². The van der Waals surface area contributed by atoms with Crippen LogP contribution in [0.5, 0.6) is 0 Å². The second-order valence-corrected chi connectivity index (χ2v) is 6.53. The maximum atomic E-state index is 6.21. The topological polar surface area (TPSA) is 29.3 Å². The molecule has 2 N–H and O–H groups in total. The van der Waals surface area contributed by atoms with Gasteiger partial charge in [-0.3, -0.25) is 4.90 Å². The molecule has 2 atom stereocenters. The number of nitrogens with two attached hydrogens (primary N) is 1. The van der Waals surface area contributed by atoms with E-state index in [1.54, 1.807) is 0 Å². The van der Waals surface area contributed by atoms with Crippen molar-refractivity contribution in [3.05, 3.63) is 28.8 Å². The molecule has 0 radical (unpaired) electrons. The highest BCUT2D eigenvalue weighted by molar-refractivity contribution is 8.00. The number of halogens is 1. The Labute approximate surface area is 113 Å². The molecule has 0 aliphatic carbocycles. The molecule has 2 unspecified atom stereocenters. The first-order valence-electron chi connectivity index (χ1n) is 5.97. The van der Waals surface area contributed by atoms with Gasteiger partial charge in [-0.05, 0) is 30.7 Å². The Bertz CT molecular complexity index is 397. The van der Waals surface area contributed by atoms with E-state index in [2.05, 4.69) is 18.7 Å². The third-order valence-corrected chi connectivity index (χ3v) is 5.16. The van der Waals surface area contributed by atoms with Gasteiger partial charge in [-0.15, -0.1) is 0 Å². The number of hydrogen-bond acceptors (Lipinski definition) is 3. The van der Waals surface area contributed by atoms with Gasteiger partial charge in [-0.25, -0.2) is 0 Å². The molecule has 0 spiro atoms. The van der Waals surface area contributed by atoms with Crippen LogP contribution < -0.4 is 5.73 Å². The molecule has 0 aromatic heterocycles. The van der Waals surface area contributed by atoms with Crippen LogP contribution in [0.2, 0.25) is 5.02 Å². The van der Waals surface area contributed by atoms with Crippen molar-refractivity contribution < 1.29 is 0 Å². The number of anilines is 1. The summed E-state index contributed by atoms with van der Waals surface area (Å²) in [7, 11) is 0. The number of nitrogens with zero attached hydrogens (tertiary/aromatic N) is 1. The van der Waals surface area contributed by atoms with Gasteiger partial charge < -0.3 is 5.73 Å². The molecule has 2 nitrogen and oxygen atoms in total. The van der Waals surface area contributed by atoms with Crippen molar-refractivity contribution in [1.82, 2.24) is 4.90 Å². The lowest BCUT2D eigenvalue weighted by molar-refractivity contribution is 0.204. The van der Waals surface area contributed by atoms with E-state index in [0.29, 0.717) is 11.3 Å². The average molecular weight is 271 g/mol. The van der Waals surface area contributed by atoms with Gasteiger partial charge in [0.2, 0.25) is 0 Å². The zero-order chi connectivity index (χ0) is 12.4. The van der Waals surface area contributed by atoms with Crippen LogP contribution in [0.4, 0.5) is 5.69 Å². The Kier molecular flexibility index (Phi) is 4.23. The van der Waals surface area contributed by atoms with Gasteiger partial charge in [0.25, 0.3) is 0 Å². The number of nitrogen functional groups attached to an aromatic ring is 1. The maximum absolute atomic E-state index is 6.21. The van der Waals surface area contributed by atoms with E-state index >= 15 is 0 Å². The van der Waals surface area contributed by atoms with Crippen molar-refractivity contribution in [2.75, 3.05) is 18.0 Å². The van der Waals surface area contributed by atoms with Crippen LogP contribution in [0.3, 0.4) is 0 Å². The summed E-state index contributed by atoms with van der Waals surface area (Å²) in [6.45, 7) is 6.61. The normalized spacial score (nSPS) is 26.1. The summed E-state index contributed by atoms with van der Waals surface area (Å²) in [5, 5.41) is 1.50. The fourth-order valence-corrected chi connectivity index (χ4v) is 3.49. The van der Waals surface area contributed by atoms with Gasteiger partial charge in [-0.1, -0.05) is 18.5 Å². The molecule has 1 heterocycles.